The van der Waals surface area contributed by atoms with Crippen LogP contribution in [0.3, 0.4) is 0 Å². The number of pyridine rings is 1. The number of aliphatic hydroxyl groups is 1. The molecular formula is C26H23N3O6. The first-order valence-electron chi connectivity index (χ1n) is 10.9. The maximum absolute atomic E-state index is 13.1. The molecule has 1 unspecified atom stereocenters. The molecule has 1 atom stereocenters. The first kappa shape index (κ1) is 23.6. The summed E-state index contributed by atoms with van der Waals surface area (Å²) >= 11 is 0. The number of likely N-dealkylation sites (tertiary alicyclic amines) is 1. The Labute approximate surface area is 201 Å². The summed E-state index contributed by atoms with van der Waals surface area (Å²) < 4.78 is 5.63. The summed E-state index contributed by atoms with van der Waals surface area (Å²) in [7, 11) is 0. The number of Topliss-reactive ketones (excluding diaryl/α,β-unsaturated/α-hetero) is 1. The number of carbonyl (C=O) groups is 2. The molecule has 0 radical (unpaired) electrons. The Morgan fingerprint density at radius 1 is 1.11 bits per heavy atom. The molecule has 4 rings (SSSR count). The van der Waals surface area contributed by atoms with E-state index in [2.05, 4.69) is 4.98 Å². The number of nitro benzene ring substituents is 1. The minimum Gasteiger partial charge on any atom is -0.507 e. The Balaban J connectivity index is 1.80. The molecule has 0 spiro atoms. The number of carbonyl (C=O) groups excluding carboxylic acids is 2. The van der Waals surface area contributed by atoms with Crippen molar-refractivity contribution >= 4 is 23.1 Å². The first-order valence-corrected chi connectivity index (χ1v) is 10.9. The number of ketones is 1. The third-order valence-electron chi connectivity index (χ3n) is 5.53. The van der Waals surface area contributed by atoms with Gasteiger partial charge in [-0.05, 0) is 67.4 Å². The number of hydrogen-bond donors (Lipinski definition) is 1. The van der Waals surface area contributed by atoms with Crippen LogP contribution >= 0.6 is 0 Å². The average molecular weight is 473 g/mol. The van der Waals surface area contributed by atoms with Crippen molar-refractivity contribution in [3.05, 3.63) is 105 Å². The van der Waals surface area contributed by atoms with Gasteiger partial charge >= 0.3 is 0 Å². The Kier molecular flexibility index (Phi) is 6.59. The van der Waals surface area contributed by atoms with E-state index < -0.39 is 22.7 Å². The Morgan fingerprint density at radius 2 is 1.80 bits per heavy atom. The Morgan fingerprint density at radius 3 is 2.37 bits per heavy atom. The molecule has 1 aromatic heterocycles. The van der Waals surface area contributed by atoms with Gasteiger partial charge in [0.1, 0.15) is 11.5 Å². The molecule has 35 heavy (non-hydrogen) atoms. The van der Waals surface area contributed by atoms with Gasteiger partial charge in [0.2, 0.25) is 0 Å². The maximum Gasteiger partial charge on any atom is 0.295 e. The predicted octanol–water partition coefficient (Wildman–Crippen LogP) is 4.40. The normalized spacial score (nSPS) is 17.1. The van der Waals surface area contributed by atoms with E-state index in [1.165, 1.54) is 29.2 Å². The van der Waals surface area contributed by atoms with Gasteiger partial charge < -0.3 is 14.7 Å². The quantitative estimate of drug-likeness (QED) is 0.177. The van der Waals surface area contributed by atoms with Gasteiger partial charge in [-0.2, -0.15) is 0 Å². The molecule has 1 amide bonds. The van der Waals surface area contributed by atoms with Crippen LogP contribution in [0.4, 0.5) is 5.69 Å². The average Bonchev–Trinajstić information content (AvgIpc) is 3.09. The van der Waals surface area contributed by atoms with Crippen LogP contribution in [-0.4, -0.2) is 37.7 Å². The van der Waals surface area contributed by atoms with Crippen LogP contribution in [0.5, 0.6) is 5.75 Å². The van der Waals surface area contributed by atoms with Crippen molar-refractivity contribution in [3.63, 3.8) is 0 Å². The molecule has 1 aliphatic heterocycles. The lowest BCUT2D eigenvalue weighted by atomic mass is 9.95. The number of nitro groups is 1. The zero-order valence-corrected chi connectivity index (χ0v) is 19.1. The lowest BCUT2D eigenvalue weighted by molar-refractivity contribution is -0.384. The largest absolute Gasteiger partial charge is 0.507 e. The summed E-state index contributed by atoms with van der Waals surface area (Å²) in [6.07, 6.45) is 3.15. The van der Waals surface area contributed by atoms with Gasteiger partial charge in [-0.25, -0.2) is 0 Å². The van der Waals surface area contributed by atoms with Crippen LogP contribution in [-0.2, 0) is 16.1 Å². The highest BCUT2D eigenvalue weighted by Gasteiger charge is 2.46. The van der Waals surface area contributed by atoms with E-state index >= 15 is 0 Å². The van der Waals surface area contributed by atoms with Crippen LogP contribution in [0, 0.1) is 10.1 Å². The molecule has 178 valence electrons. The minimum absolute atomic E-state index is 0.0330. The molecule has 0 bridgehead atoms. The third-order valence-corrected chi connectivity index (χ3v) is 5.53. The van der Waals surface area contributed by atoms with Crippen molar-refractivity contribution in [2.45, 2.75) is 32.5 Å². The van der Waals surface area contributed by atoms with Crippen molar-refractivity contribution < 1.29 is 24.4 Å². The molecule has 2 aromatic carbocycles. The second kappa shape index (κ2) is 9.76. The number of hydrogen-bond acceptors (Lipinski definition) is 7. The molecular weight excluding hydrogens is 450 g/mol. The summed E-state index contributed by atoms with van der Waals surface area (Å²) in [4.78, 5) is 42.2. The summed E-state index contributed by atoms with van der Waals surface area (Å²) in [6, 6.07) is 14.7. The molecule has 1 N–H and O–H groups in total. The van der Waals surface area contributed by atoms with E-state index in [0.717, 1.165) is 0 Å². The number of nitrogens with zero attached hydrogens (tertiary/aromatic N) is 3. The molecule has 0 saturated carbocycles. The topological polar surface area (TPSA) is 123 Å². The lowest BCUT2D eigenvalue weighted by Gasteiger charge is -2.25. The zero-order chi connectivity index (χ0) is 25.1. The Bertz CT molecular complexity index is 1280. The van der Waals surface area contributed by atoms with Gasteiger partial charge in [-0.15, -0.1) is 0 Å². The predicted molar refractivity (Wildman–Crippen MR) is 127 cm³/mol. The maximum atomic E-state index is 13.1. The smallest absolute Gasteiger partial charge is 0.295 e. The van der Waals surface area contributed by atoms with E-state index in [1.807, 2.05) is 13.8 Å². The zero-order valence-electron chi connectivity index (χ0n) is 19.1. The van der Waals surface area contributed by atoms with Crippen LogP contribution in [0.2, 0.25) is 0 Å². The molecule has 1 fully saturated rings. The highest BCUT2D eigenvalue weighted by atomic mass is 16.6. The fourth-order valence-corrected chi connectivity index (χ4v) is 3.98. The molecule has 1 aliphatic rings. The van der Waals surface area contributed by atoms with Crippen molar-refractivity contribution in [3.8, 4) is 5.75 Å². The summed E-state index contributed by atoms with van der Waals surface area (Å²) in [5.41, 5.74) is 1.27. The molecule has 9 nitrogen and oxygen atoms in total. The minimum atomic E-state index is -0.942. The molecule has 0 aliphatic carbocycles. The number of aliphatic hydroxyl groups excluding tert-OH is 1. The number of ether oxygens (including phenoxy) is 1. The molecule has 9 heteroatoms. The van der Waals surface area contributed by atoms with Crippen molar-refractivity contribution in [2.75, 3.05) is 0 Å². The number of aromatic nitrogens is 1. The highest BCUT2D eigenvalue weighted by molar-refractivity contribution is 6.46. The standard InChI is InChI=1S/C26H23N3O6/c1-16(2)35-21-11-7-19(8-12-21)24(30)22-23(18-5-9-20(10-6-18)29(33)34)28(26(32)25(22)31)15-17-4-3-13-27-14-17/h3-14,16,23,30H,15H2,1-2H3/b24-22+. The van der Waals surface area contributed by atoms with Crippen molar-refractivity contribution in [1.82, 2.24) is 9.88 Å². The summed E-state index contributed by atoms with van der Waals surface area (Å²) in [5.74, 6) is -1.35. The highest BCUT2D eigenvalue weighted by Crippen LogP contribution is 2.40. The lowest BCUT2D eigenvalue weighted by Crippen LogP contribution is -2.29. The first-order chi connectivity index (χ1) is 16.8. The van der Waals surface area contributed by atoms with Crippen LogP contribution < -0.4 is 4.74 Å². The fraction of sp³-hybridized carbons (Fsp3) is 0.192. The van der Waals surface area contributed by atoms with E-state index in [4.69, 9.17) is 4.74 Å². The van der Waals surface area contributed by atoms with Crippen LogP contribution in [0.15, 0.2) is 78.6 Å². The van der Waals surface area contributed by atoms with Crippen LogP contribution in [0.25, 0.3) is 5.76 Å². The van der Waals surface area contributed by atoms with Gasteiger partial charge in [0, 0.05) is 36.6 Å². The monoisotopic (exact) mass is 473 g/mol. The summed E-state index contributed by atoms with van der Waals surface area (Å²) in [5, 5.41) is 22.3. The van der Waals surface area contributed by atoms with Gasteiger partial charge in [-0.1, -0.05) is 6.07 Å². The van der Waals surface area contributed by atoms with Gasteiger partial charge in [-0.3, -0.25) is 24.7 Å². The number of rotatable bonds is 7. The SMILES string of the molecule is CC(C)Oc1ccc(/C(O)=C2\C(=O)C(=O)N(Cc3cccnc3)C2c2ccc([N+](=O)[O-])cc2)cc1. The molecule has 1 saturated heterocycles. The van der Waals surface area contributed by atoms with E-state index in [0.29, 0.717) is 22.4 Å². The molecule has 3 aromatic rings. The van der Waals surface area contributed by atoms with Gasteiger partial charge in [0.25, 0.3) is 17.4 Å². The second-order valence-corrected chi connectivity index (χ2v) is 8.33. The van der Waals surface area contributed by atoms with Crippen LogP contribution in [0.1, 0.15) is 36.6 Å². The van der Waals surface area contributed by atoms with E-state index in [9.17, 15) is 24.8 Å². The number of benzene rings is 2. The molecule has 2 heterocycles. The van der Waals surface area contributed by atoms with Gasteiger partial charge in [0.15, 0.2) is 0 Å². The summed E-state index contributed by atoms with van der Waals surface area (Å²) in [6.45, 7) is 3.85. The number of non-ortho nitro benzene ring substituents is 1. The van der Waals surface area contributed by atoms with E-state index in [1.54, 1.807) is 48.8 Å². The van der Waals surface area contributed by atoms with Crippen molar-refractivity contribution in [2.24, 2.45) is 0 Å². The Hall–Kier alpha value is -4.53. The fourth-order valence-electron chi connectivity index (χ4n) is 3.98. The van der Waals surface area contributed by atoms with Crippen molar-refractivity contribution in [1.29, 1.82) is 0 Å². The second-order valence-electron chi connectivity index (χ2n) is 8.33. The van der Waals surface area contributed by atoms with Gasteiger partial charge in [0.05, 0.1) is 22.6 Å². The van der Waals surface area contributed by atoms with E-state index in [-0.39, 0.29) is 29.7 Å². The third kappa shape index (κ3) is 4.89. The number of amides is 1.